The quantitative estimate of drug-likeness (QED) is 0.0905. The molecule has 0 aliphatic carbocycles. The molecule has 0 spiro atoms. The van der Waals surface area contributed by atoms with E-state index in [4.69, 9.17) is 19.2 Å². The number of aromatic nitrogens is 4. The summed E-state index contributed by atoms with van der Waals surface area (Å²) in [5.41, 5.74) is 20.2. The van der Waals surface area contributed by atoms with Crippen molar-refractivity contribution in [3.8, 4) is 73.8 Å². The molecule has 9 heteroatoms. The molecule has 10 aromatic carbocycles. The lowest BCUT2D eigenvalue weighted by Gasteiger charge is -2.42. The summed E-state index contributed by atoms with van der Waals surface area (Å²) in [5, 5.41) is 1.98. The fourth-order valence-corrected chi connectivity index (χ4v) is 13.3. The van der Waals surface area contributed by atoms with Gasteiger partial charge in [0.15, 0.2) is 0 Å². The molecule has 0 fully saturated rings. The van der Waals surface area contributed by atoms with Crippen LogP contribution in [0.1, 0.15) is 25.0 Å². The predicted octanol–water partition coefficient (Wildman–Crippen LogP) is 14.5. The molecule has 0 N–H and O–H groups in total. The number of fused-ring (bicyclic) bond motifs is 6. The maximum atomic E-state index is 7.21. The molecule has 0 atom stereocenters. The summed E-state index contributed by atoms with van der Waals surface area (Å²) >= 11 is 0. The lowest BCUT2D eigenvalue weighted by atomic mass is 9.33. The van der Waals surface area contributed by atoms with Crippen molar-refractivity contribution in [3.63, 3.8) is 0 Å². The van der Waals surface area contributed by atoms with E-state index in [1.54, 1.807) is 0 Å². The third kappa shape index (κ3) is 5.95. The first-order chi connectivity index (χ1) is 38.5. The summed E-state index contributed by atoms with van der Waals surface area (Å²) in [5.74, 6) is 4.65. The van der Waals surface area contributed by atoms with Crippen molar-refractivity contribution in [2.45, 2.75) is 19.3 Å². The van der Waals surface area contributed by atoms with Crippen molar-refractivity contribution in [3.05, 3.63) is 248 Å². The summed E-state index contributed by atoms with van der Waals surface area (Å²) in [6, 6.07) is 79.1. The first-order valence-electron chi connectivity index (χ1n) is 26.6. The van der Waals surface area contributed by atoms with E-state index in [9.17, 15) is 0 Å². The lowest BCUT2D eigenvalue weighted by Crippen LogP contribution is -2.61. The highest BCUT2D eigenvalue weighted by molar-refractivity contribution is 7.00. The summed E-state index contributed by atoms with van der Waals surface area (Å²) in [4.78, 5) is 7.42. The van der Waals surface area contributed by atoms with Crippen LogP contribution in [-0.2, 0) is 5.41 Å². The van der Waals surface area contributed by atoms with Gasteiger partial charge in [-0.05, 0) is 117 Å². The Hall–Kier alpha value is -10.1. The van der Waals surface area contributed by atoms with Gasteiger partial charge >= 0.3 is 0 Å². The molecule has 4 aliphatic rings. The van der Waals surface area contributed by atoms with E-state index in [1.165, 1.54) is 11.1 Å². The SMILES string of the molecule is CC1(C)c2ccc(Oc3cccc(-n4c5cc6c7c(c5c5cccnc54)Oc4cccc5c4B7c4c(cccc4N5c4ccccc4)O6)c3)cc2-n2[c-][n+](-c3c(-c4ccccc4)cccc3-c3ccccc3)c3cccc1c32. The van der Waals surface area contributed by atoms with Gasteiger partial charge in [0, 0.05) is 51.7 Å². The number of pyridine rings is 1. The average Bonchev–Trinajstić information content (AvgIpc) is 2.86. The molecule has 366 valence electrons. The van der Waals surface area contributed by atoms with Gasteiger partial charge in [-0.25, -0.2) is 4.98 Å². The van der Waals surface area contributed by atoms with E-state index >= 15 is 0 Å². The van der Waals surface area contributed by atoms with Gasteiger partial charge in [-0.3, -0.25) is 13.7 Å². The number of benzene rings is 10. The van der Waals surface area contributed by atoms with Gasteiger partial charge in [0.25, 0.3) is 13.0 Å². The van der Waals surface area contributed by atoms with E-state index in [0.717, 1.165) is 129 Å². The third-order valence-corrected chi connectivity index (χ3v) is 16.6. The topological polar surface area (TPSA) is 57.6 Å². The van der Waals surface area contributed by atoms with E-state index < -0.39 is 0 Å². The molecule has 0 bridgehead atoms. The monoisotopic (exact) mass is 1000 g/mol. The second-order valence-corrected chi connectivity index (χ2v) is 21.2. The second-order valence-electron chi connectivity index (χ2n) is 21.2. The predicted molar refractivity (Wildman–Crippen MR) is 311 cm³/mol. The van der Waals surface area contributed by atoms with Crippen molar-refractivity contribution < 1.29 is 18.8 Å². The van der Waals surface area contributed by atoms with Gasteiger partial charge in [0.05, 0.1) is 39.0 Å². The number of anilines is 3. The molecule has 7 heterocycles. The molecule has 13 aromatic rings. The van der Waals surface area contributed by atoms with Crippen LogP contribution < -0.4 is 40.1 Å². The zero-order valence-electron chi connectivity index (χ0n) is 42.5. The minimum Gasteiger partial charge on any atom is -0.458 e. The van der Waals surface area contributed by atoms with Crippen LogP contribution in [0.2, 0.25) is 0 Å². The van der Waals surface area contributed by atoms with E-state index in [0.29, 0.717) is 11.5 Å². The van der Waals surface area contributed by atoms with Gasteiger partial charge in [0.2, 0.25) is 0 Å². The molecular weight excluding hydrogens is 958 g/mol. The average molecular weight is 1000 g/mol. The van der Waals surface area contributed by atoms with Crippen molar-refractivity contribution >= 4 is 73.1 Å². The number of imidazole rings is 1. The van der Waals surface area contributed by atoms with E-state index in [1.807, 2.05) is 18.3 Å². The van der Waals surface area contributed by atoms with Crippen molar-refractivity contribution in [1.82, 2.24) is 14.1 Å². The van der Waals surface area contributed by atoms with Gasteiger partial charge in [0.1, 0.15) is 40.1 Å². The highest BCUT2D eigenvalue weighted by atomic mass is 16.5. The van der Waals surface area contributed by atoms with Crippen molar-refractivity contribution in [1.29, 1.82) is 0 Å². The normalized spacial score (nSPS) is 13.8. The Kier molecular flexibility index (Phi) is 8.83. The molecule has 0 amide bonds. The molecule has 17 rings (SSSR count). The van der Waals surface area contributed by atoms with E-state index in [2.05, 4.69) is 251 Å². The van der Waals surface area contributed by atoms with Gasteiger partial charge < -0.3 is 19.1 Å². The maximum Gasteiger partial charge on any atom is 0.269 e. The first kappa shape index (κ1) is 43.2. The molecule has 4 aliphatic heterocycles. The van der Waals surface area contributed by atoms with Gasteiger partial charge in [-0.1, -0.05) is 153 Å². The highest BCUT2D eigenvalue weighted by Crippen LogP contribution is 2.50. The summed E-state index contributed by atoms with van der Waals surface area (Å²) < 4.78 is 28.0. The van der Waals surface area contributed by atoms with Crippen molar-refractivity contribution in [2.75, 3.05) is 4.90 Å². The second kappa shape index (κ2) is 16.0. The summed E-state index contributed by atoms with van der Waals surface area (Å²) in [7, 11) is 0. The Balaban J connectivity index is 0.795. The minimum absolute atomic E-state index is 0.0935. The largest absolute Gasteiger partial charge is 0.458 e. The van der Waals surface area contributed by atoms with Crippen LogP contribution in [0.15, 0.2) is 231 Å². The van der Waals surface area contributed by atoms with Gasteiger partial charge in [-0.15, -0.1) is 0 Å². The number of hydrogen-bond donors (Lipinski definition) is 0. The summed E-state index contributed by atoms with van der Waals surface area (Å²) in [6.45, 7) is 4.55. The number of nitrogens with zero attached hydrogens (tertiary/aromatic N) is 5. The van der Waals surface area contributed by atoms with Crippen LogP contribution in [0.25, 0.3) is 72.3 Å². The number of ether oxygens (including phenoxy) is 3. The van der Waals surface area contributed by atoms with Crippen LogP contribution in [0, 0.1) is 6.33 Å². The Labute approximate surface area is 449 Å². The first-order valence-corrected chi connectivity index (χ1v) is 26.6. The number of hydrogen-bond acceptors (Lipinski definition) is 5. The van der Waals surface area contributed by atoms with Crippen LogP contribution in [0.5, 0.6) is 34.5 Å². The fourth-order valence-electron chi connectivity index (χ4n) is 13.3. The fraction of sp³-hybridized carbons (Fsp3) is 0.0435. The molecule has 0 radical (unpaired) electrons. The highest BCUT2D eigenvalue weighted by Gasteiger charge is 2.48. The Bertz CT molecular complexity index is 4630. The number of rotatable bonds is 7. The third-order valence-electron chi connectivity index (χ3n) is 16.6. The zero-order chi connectivity index (χ0) is 51.4. The van der Waals surface area contributed by atoms with Crippen LogP contribution in [0.4, 0.5) is 17.1 Å². The molecule has 3 aromatic heterocycles. The molecule has 0 unspecified atom stereocenters. The van der Waals surface area contributed by atoms with Crippen LogP contribution >= 0.6 is 0 Å². The van der Waals surface area contributed by atoms with E-state index in [-0.39, 0.29) is 12.1 Å². The molecule has 78 heavy (non-hydrogen) atoms. The molecule has 0 saturated carbocycles. The zero-order valence-corrected chi connectivity index (χ0v) is 42.5. The van der Waals surface area contributed by atoms with Crippen LogP contribution in [0.3, 0.4) is 0 Å². The number of para-hydroxylation sites is 3. The lowest BCUT2D eigenvalue weighted by molar-refractivity contribution is -0.571. The molecule has 8 nitrogen and oxygen atoms in total. The standard InChI is InChI=1S/C69H44BN5O3/c1-69(2)51-36-35-47(39-56(51)73-41-72(55-32-14-29-52(69)66(55)73)65-48(42-18-6-3-7-19-42)26-13-27-49(65)43-20-8-4-9-21-43)76-46-25-12-24-45(38-46)75-57-40-60-64-67(61(57)50-28-17-37-71-68(50)75)78-59-34-16-31-54-63(59)70(64)62-53(30-15-33-58(62)77-60)74(54)44-22-10-5-11-23-44/h3-40H,1-2H3. The Morgan fingerprint density at radius 3 is 1.94 bits per heavy atom. The minimum atomic E-state index is -0.321. The molecule has 0 saturated heterocycles. The van der Waals surface area contributed by atoms with Crippen LogP contribution in [-0.4, -0.2) is 20.8 Å². The maximum absolute atomic E-state index is 7.21. The smallest absolute Gasteiger partial charge is 0.269 e. The van der Waals surface area contributed by atoms with Gasteiger partial charge in [-0.2, -0.15) is 0 Å². The summed E-state index contributed by atoms with van der Waals surface area (Å²) in [6.07, 6.45) is 5.78. The Morgan fingerprint density at radius 2 is 1.19 bits per heavy atom. The molecular formula is C69H44BN5O3. The Morgan fingerprint density at radius 1 is 0.538 bits per heavy atom. The van der Waals surface area contributed by atoms with Crippen molar-refractivity contribution in [2.24, 2.45) is 0 Å².